The SMILES string of the molecule is CCC1CC([N+](=O)[O-])C2C1CC1OC12. The molecule has 4 heteroatoms. The maximum absolute atomic E-state index is 10.9. The van der Waals surface area contributed by atoms with Gasteiger partial charge in [0.2, 0.25) is 6.04 Å². The summed E-state index contributed by atoms with van der Waals surface area (Å²) in [6, 6.07) is -0.317. The number of hydrogen-bond acceptors (Lipinski definition) is 3. The standard InChI is InChI=1S/C10H15NO3/c1-2-5-3-7(11(12)13)9-6(5)4-8-10(9)14-8/h5-10H,2-4H2,1H3. The van der Waals surface area contributed by atoms with Crippen molar-refractivity contribution in [3.63, 3.8) is 0 Å². The van der Waals surface area contributed by atoms with Crippen molar-refractivity contribution in [2.24, 2.45) is 17.8 Å². The molecule has 2 aliphatic carbocycles. The molecule has 14 heavy (non-hydrogen) atoms. The van der Waals surface area contributed by atoms with E-state index in [1.165, 1.54) is 0 Å². The van der Waals surface area contributed by atoms with Crippen molar-refractivity contribution in [3.05, 3.63) is 10.1 Å². The van der Waals surface area contributed by atoms with Crippen molar-refractivity contribution in [1.82, 2.24) is 0 Å². The third-order valence-electron chi connectivity index (χ3n) is 4.39. The Labute approximate surface area is 82.8 Å². The first kappa shape index (κ1) is 8.65. The zero-order valence-electron chi connectivity index (χ0n) is 8.26. The van der Waals surface area contributed by atoms with Gasteiger partial charge in [0.15, 0.2) is 0 Å². The van der Waals surface area contributed by atoms with Gasteiger partial charge in [0.05, 0.1) is 18.1 Å². The highest BCUT2D eigenvalue weighted by Gasteiger charge is 2.66. The predicted octanol–water partition coefficient (Wildman–Crippen LogP) is 1.47. The maximum Gasteiger partial charge on any atom is 0.219 e. The third kappa shape index (κ3) is 0.975. The summed E-state index contributed by atoms with van der Waals surface area (Å²) in [7, 11) is 0. The van der Waals surface area contributed by atoms with Crippen LogP contribution in [0.2, 0.25) is 0 Å². The Morgan fingerprint density at radius 1 is 1.50 bits per heavy atom. The van der Waals surface area contributed by atoms with Gasteiger partial charge in [0, 0.05) is 11.3 Å². The highest BCUT2D eigenvalue weighted by molar-refractivity contribution is 5.10. The highest BCUT2D eigenvalue weighted by atomic mass is 16.6. The predicted molar refractivity (Wildman–Crippen MR) is 49.4 cm³/mol. The van der Waals surface area contributed by atoms with Crippen LogP contribution in [0.3, 0.4) is 0 Å². The van der Waals surface area contributed by atoms with Crippen LogP contribution in [0, 0.1) is 27.9 Å². The molecule has 4 nitrogen and oxygen atoms in total. The van der Waals surface area contributed by atoms with Gasteiger partial charge in [-0.25, -0.2) is 0 Å². The van der Waals surface area contributed by atoms with Crippen molar-refractivity contribution in [1.29, 1.82) is 0 Å². The second-order valence-electron chi connectivity index (χ2n) is 4.87. The molecule has 3 aliphatic rings. The summed E-state index contributed by atoms with van der Waals surface area (Å²) < 4.78 is 5.44. The summed E-state index contributed by atoms with van der Waals surface area (Å²) in [6.07, 6.45) is 3.57. The van der Waals surface area contributed by atoms with E-state index in [1.807, 2.05) is 0 Å². The molecule has 3 rings (SSSR count). The van der Waals surface area contributed by atoms with Crippen molar-refractivity contribution >= 4 is 0 Å². The maximum atomic E-state index is 10.9. The molecule has 0 bridgehead atoms. The summed E-state index contributed by atoms with van der Waals surface area (Å²) in [6.45, 7) is 2.15. The molecule has 6 atom stereocenters. The van der Waals surface area contributed by atoms with Crippen LogP contribution in [0.15, 0.2) is 0 Å². The van der Waals surface area contributed by atoms with Crippen LogP contribution in [-0.2, 0) is 4.74 Å². The monoisotopic (exact) mass is 197 g/mol. The number of nitro groups is 1. The molecular formula is C10H15NO3. The molecule has 0 radical (unpaired) electrons. The van der Waals surface area contributed by atoms with Crippen LogP contribution in [-0.4, -0.2) is 23.2 Å². The molecule has 1 aliphatic heterocycles. The lowest BCUT2D eigenvalue weighted by Gasteiger charge is -2.17. The molecule has 3 fully saturated rings. The van der Waals surface area contributed by atoms with Gasteiger partial charge < -0.3 is 4.74 Å². The van der Waals surface area contributed by atoms with E-state index in [-0.39, 0.29) is 23.0 Å². The Kier molecular flexibility index (Phi) is 1.66. The van der Waals surface area contributed by atoms with E-state index in [9.17, 15) is 10.1 Å². The average molecular weight is 197 g/mol. The lowest BCUT2D eigenvalue weighted by atomic mass is 9.89. The van der Waals surface area contributed by atoms with Crippen LogP contribution >= 0.6 is 0 Å². The van der Waals surface area contributed by atoms with Crippen LogP contribution < -0.4 is 0 Å². The number of hydrogen-bond donors (Lipinski definition) is 0. The van der Waals surface area contributed by atoms with Gasteiger partial charge in [-0.1, -0.05) is 13.3 Å². The molecule has 6 unspecified atom stereocenters. The summed E-state index contributed by atoms with van der Waals surface area (Å²) in [4.78, 5) is 10.8. The van der Waals surface area contributed by atoms with Gasteiger partial charge in [-0.15, -0.1) is 0 Å². The van der Waals surface area contributed by atoms with Gasteiger partial charge in [-0.05, 0) is 18.3 Å². The molecule has 0 N–H and O–H groups in total. The number of fused-ring (bicyclic) bond motifs is 3. The zero-order valence-corrected chi connectivity index (χ0v) is 8.26. The Bertz CT molecular complexity index is 281. The Balaban J connectivity index is 1.85. The quantitative estimate of drug-likeness (QED) is 0.382. The molecule has 1 saturated heterocycles. The van der Waals surface area contributed by atoms with E-state index in [2.05, 4.69) is 6.92 Å². The molecule has 0 amide bonds. The Hall–Kier alpha value is -0.640. The minimum absolute atomic E-state index is 0.0720. The first-order valence-electron chi connectivity index (χ1n) is 5.51. The summed E-state index contributed by atoms with van der Waals surface area (Å²) in [5, 5.41) is 10.9. The molecule has 0 aromatic heterocycles. The van der Waals surface area contributed by atoms with E-state index in [1.54, 1.807) is 0 Å². The van der Waals surface area contributed by atoms with E-state index < -0.39 is 0 Å². The molecule has 78 valence electrons. The first-order valence-corrected chi connectivity index (χ1v) is 5.51. The molecule has 0 aromatic rings. The Morgan fingerprint density at radius 2 is 2.29 bits per heavy atom. The number of epoxide rings is 1. The minimum Gasteiger partial charge on any atom is -0.369 e. The lowest BCUT2D eigenvalue weighted by molar-refractivity contribution is -0.530. The Morgan fingerprint density at radius 3 is 2.93 bits per heavy atom. The van der Waals surface area contributed by atoms with Crippen molar-refractivity contribution < 1.29 is 9.66 Å². The van der Waals surface area contributed by atoms with Crippen LogP contribution in [0.1, 0.15) is 26.2 Å². The van der Waals surface area contributed by atoms with Gasteiger partial charge in [0.25, 0.3) is 0 Å². The van der Waals surface area contributed by atoms with E-state index in [0.717, 1.165) is 19.3 Å². The fourth-order valence-electron chi connectivity index (χ4n) is 3.70. The molecule has 0 aromatic carbocycles. The van der Waals surface area contributed by atoms with E-state index in [4.69, 9.17) is 4.74 Å². The zero-order chi connectivity index (χ0) is 9.87. The number of ether oxygens (including phenoxy) is 1. The largest absolute Gasteiger partial charge is 0.369 e. The van der Waals surface area contributed by atoms with Gasteiger partial charge >= 0.3 is 0 Å². The second kappa shape index (κ2) is 2.69. The first-order chi connectivity index (χ1) is 6.72. The topological polar surface area (TPSA) is 55.7 Å². The molecule has 2 saturated carbocycles. The van der Waals surface area contributed by atoms with Gasteiger partial charge in [-0.2, -0.15) is 0 Å². The summed E-state index contributed by atoms with van der Waals surface area (Å²) in [5.74, 6) is 1.39. The summed E-state index contributed by atoms with van der Waals surface area (Å²) >= 11 is 0. The molecule has 1 heterocycles. The fourth-order valence-corrected chi connectivity index (χ4v) is 3.70. The minimum atomic E-state index is -0.317. The van der Waals surface area contributed by atoms with Crippen LogP contribution in [0.25, 0.3) is 0 Å². The van der Waals surface area contributed by atoms with Crippen molar-refractivity contribution in [3.8, 4) is 0 Å². The number of rotatable bonds is 2. The second-order valence-corrected chi connectivity index (χ2v) is 4.87. The summed E-state index contributed by atoms with van der Waals surface area (Å²) in [5.41, 5.74) is 0. The normalized spacial score (nSPS) is 54.1. The molecular weight excluding hydrogens is 182 g/mol. The fraction of sp³-hybridized carbons (Fsp3) is 1.00. The van der Waals surface area contributed by atoms with Crippen LogP contribution in [0.5, 0.6) is 0 Å². The van der Waals surface area contributed by atoms with Crippen molar-refractivity contribution in [2.75, 3.05) is 0 Å². The average Bonchev–Trinajstić information content (AvgIpc) is 2.68. The van der Waals surface area contributed by atoms with E-state index in [0.29, 0.717) is 17.9 Å². The van der Waals surface area contributed by atoms with Crippen LogP contribution in [0.4, 0.5) is 0 Å². The van der Waals surface area contributed by atoms with E-state index >= 15 is 0 Å². The highest BCUT2D eigenvalue weighted by Crippen LogP contribution is 2.57. The smallest absolute Gasteiger partial charge is 0.219 e. The van der Waals surface area contributed by atoms with Crippen molar-refractivity contribution in [2.45, 2.75) is 44.4 Å². The number of nitrogens with zero attached hydrogens (tertiary/aromatic N) is 1. The lowest BCUT2D eigenvalue weighted by Crippen LogP contribution is -2.28. The van der Waals surface area contributed by atoms with Gasteiger partial charge in [-0.3, -0.25) is 10.1 Å². The molecule has 0 spiro atoms. The third-order valence-corrected chi connectivity index (χ3v) is 4.39. The van der Waals surface area contributed by atoms with Gasteiger partial charge in [0.1, 0.15) is 0 Å².